The lowest BCUT2D eigenvalue weighted by Crippen LogP contribution is -2.59. The molecular formula is C51H94O12. The van der Waals surface area contributed by atoms with Crippen molar-refractivity contribution in [2.24, 2.45) is 0 Å². The summed E-state index contributed by atoms with van der Waals surface area (Å²) in [5, 5.41) is 94.3. The molecule has 2 heterocycles. The van der Waals surface area contributed by atoms with Crippen molar-refractivity contribution in [1.82, 2.24) is 0 Å². The van der Waals surface area contributed by atoms with Crippen LogP contribution in [0.2, 0.25) is 0 Å². The Kier molecular flexibility index (Phi) is 24.2. The van der Waals surface area contributed by atoms with Gasteiger partial charge >= 0.3 is 0 Å². The molecule has 63 heavy (non-hydrogen) atoms. The molecule has 12 heteroatoms. The minimum atomic E-state index is -1.45. The van der Waals surface area contributed by atoms with Gasteiger partial charge in [-0.3, -0.25) is 0 Å². The highest BCUT2D eigenvalue weighted by Crippen LogP contribution is 2.40. The molecule has 12 nitrogen and oxygen atoms in total. The fourth-order valence-corrected chi connectivity index (χ4v) is 8.84. The molecule has 0 aromatic carbocycles. The summed E-state index contributed by atoms with van der Waals surface area (Å²) in [4.78, 5) is 0. The second-order valence-electron chi connectivity index (χ2n) is 21.8. The second-order valence-corrected chi connectivity index (χ2v) is 21.8. The van der Waals surface area contributed by atoms with Gasteiger partial charge in [-0.2, -0.15) is 0 Å². The van der Waals surface area contributed by atoms with Crippen LogP contribution in [0.3, 0.4) is 0 Å². The van der Waals surface area contributed by atoms with Gasteiger partial charge in [0.25, 0.3) is 0 Å². The lowest BCUT2D eigenvalue weighted by Gasteiger charge is -2.39. The number of hydrogen-bond acceptors (Lipinski definition) is 12. The summed E-state index contributed by atoms with van der Waals surface area (Å²) in [6, 6.07) is 0. The largest absolute Gasteiger partial charge is 0.394 e. The summed E-state index contributed by atoms with van der Waals surface area (Å²) < 4.78 is 16.6. The maximum absolute atomic E-state index is 11.1. The molecule has 0 bridgehead atoms. The number of allylic oxidation sites excluding steroid dienone is 5. The normalized spacial score (nSPS) is 28.1. The van der Waals surface area contributed by atoms with E-state index in [2.05, 4.69) is 39.8 Å². The average molecular weight is 899 g/mol. The molecule has 0 spiro atoms. The van der Waals surface area contributed by atoms with Crippen LogP contribution in [0.4, 0.5) is 0 Å². The van der Waals surface area contributed by atoms with E-state index in [0.29, 0.717) is 77.0 Å². The third-order valence-corrected chi connectivity index (χ3v) is 13.7. The molecule has 370 valence electrons. The Morgan fingerprint density at radius 1 is 0.540 bits per heavy atom. The van der Waals surface area contributed by atoms with Crippen molar-refractivity contribution in [2.45, 2.75) is 274 Å². The minimum absolute atomic E-state index is 0.0686. The molecule has 0 amide bonds. The van der Waals surface area contributed by atoms with Crippen LogP contribution < -0.4 is 0 Å². The Morgan fingerprint density at radius 3 is 1.30 bits per heavy atom. The number of aliphatic hydroxyl groups excluding tert-OH is 4. The van der Waals surface area contributed by atoms with E-state index < -0.39 is 65.3 Å². The molecule has 0 aliphatic carbocycles. The summed E-state index contributed by atoms with van der Waals surface area (Å²) in [6.45, 7) is 19.4. The molecule has 2 rings (SSSR count). The number of rotatable bonds is 33. The van der Waals surface area contributed by atoms with Crippen molar-refractivity contribution >= 4 is 0 Å². The monoisotopic (exact) mass is 899 g/mol. The van der Waals surface area contributed by atoms with E-state index in [1.54, 1.807) is 0 Å². The lowest BCUT2D eigenvalue weighted by molar-refractivity contribution is -0.298. The summed E-state index contributed by atoms with van der Waals surface area (Å²) >= 11 is 0. The molecule has 11 atom stereocenters. The molecule has 0 saturated carbocycles. The van der Waals surface area contributed by atoms with Crippen LogP contribution in [0, 0.1) is 0 Å². The van der Waals surface area contributed by atoms with Crippen LogP contribution >= 0.6 is 0 Å². The highest BCUT2D eigenvalue weighted by Gasteiger charge is 2.48. The minimum Gasteiger partial charge on any atom is -0.394 e. The van der Waals surface area contributed by atoms with E-state index in [1.165, 1.54) is 11.1 Å². The highest BCUT2D eigenvalue weighted by atomic mass is 16.7. The maximum atomic E-state index is 11.1. The molecule has 2 fully saturated rings. The first-order chi connectivity index (χ1) is 29.1. The van der Waals surface area contributed by atoms with Gasteiger partial charge < -0.3 is 60.2 Å². The van der Waals surface area contributed by atoms with Gasteiger partial charge in [-0.25, -0.2) is 0 Å². The molecular weight excluding hydrogens is 805 g/mol. The standard InChI is InChI=1S/C51H94O12/c1-37(19-12-21-39(3)24-35-61-45-44(55)43(54)42(53)40(36-52)62-45)18-11-20-38(2)22-13-25-47(6,56)26-14-27-48(7,57)28-15-29-49(8,58)30-16-31-50(9,59)32-17-33-51(10,60)34-23-41-46(4,5)63-41/h19-20,24,40-45,52-60H,11-18,21-23,25-36H2,1-10H3/b37-19+,38-20+,39-24+/t40-,41+,42-,43+,44-,45-,47-,48+,49+,50+,51-/m1/s1. The van der Waals surface area contributed by atoms with E-state index >= 15 is 0 Å². The van der Waals surface area contributed by atoms with E-state index in [1.807, 2.05) is 47.6 Å². The highest BCUT2D eigenvalue weighted by molar-refractivity contribution is 5.06. The molecule has 2 aliphatic heterocycles. The number of epoxide rings is 1. The molecule has 0 radical (unpaired) electrons. The Balaban J connectivity index is 1.56. The first kappa shape index (κ1) is 57.9. The van der Waals surface area contributed by atoms with Gasteiger partial charge in [0.15, 0.2) is 6.29 Å². The van der Waals surface area contributed by atoms with Crippen LogP contribution in [0.5, 0.6) is 0 Å². The summed E-state index contributed by atoms with van der Waals surface area (Å²) in [5.74, 6) is 0. The summed E-state index contributed by atoms with van der Waals surface area (Å²) in [5.41, 5.74) is -0.452. The topological polar surface area (TPSA) is 213 Å². The molecule has 2 aliphatic rings. The number of hydrogen-bond donors (Lipinski definition) is 9. The Hall–Kier alpha value is -1.26. The predicted molar refractivity (Wildman–Crippen MR) is 250 cm³/mol. The zero-order valence-corrected chi connectivity index (χ0v) is 41.2. The van der Waals surface area contributed by atoms with Crippen molar-refractivity contribution < 1.29 is 60.2 Å². The molecule has 9 N–H and O–H groups in total. The van der Waals surface area contributed by atoms with Crippen LogP contribution in [-0.4, -0.2) is 130 Å². The predicted octanol–water partition coefficient (Wildman–Crippen LogP) is 7.77. The molecule has 0 aromatic heterocycles. The van der Waals surface area contributed by atoms with E-state index in [-0.39, 0.29) is 18.3 Å². The van der Waals surface area contributed by atoms with Crippen LogP contribution in [0.1, 0.15) is 204 Å². The number of aliphatic hydroxyl groups is 9. The number of ether oxygens (including phenoxy) is 3. The Bertz CT molecular complexity index is 1390. The third-order valence-electron chi connectivity index (χ3n) is 13.7. The van der Waals surface area contributed by atoms with Gasteiger partial charge in [-0.15, -0.1) is 0 Å². The van der Waals surface area contributed by atoms with Crippen molar-refractivity contribution in [3.05, 3.63) is 34.9 Å². The van der Waals surface area contributed by atoms with Crippen molar-refractivity contribution in [3.63, 3.8) is 0 Å². The zero-order chi connectivity index (χ0) is 47.7. The van der Waals surface area contributed by atoms with Gasteiger partial charge in [-0.1, -0.05) is 34.9 Å². The smallest absolute Gasteiger partial charge is 0.187 e. The fourth-order valence-electron chi connectivity index (χ4n) is 8.84. The van der Waals surface area contributed by atoms with Gasteiger partial charge in [0.1, 0.15) is 24.4 Å². The first-order valence-electron chi connectivity index (χ1n) is 24.3. The first-order valence-corrected chi connectivity index (χ1v) is 24.3. The van der Waals surface area contributed by atoms with Gasteiger partial charge in [0.05, 0.1) is 52.9 Å². The summed E-state index contributed by atoms with van der Waals surface area (Å²) in [7, 11) is 0. The Labute approximate surface area is 381 Å². The molecule has 2 saturated heterocycles. The SMILES string of the molecule is C/C(=C\CC/C(C)=C/CO[C@@H]1O[C@H](CO)[C@@H](O)[C@H](O)[C@H]1O)CC/C=C(\C)CCC[C@@](C)(O)CCC[C@](C)(O)CCC[C@](C)(O)CCC[C@](C)(O)CCC[C@@](C)(O)CC[C@@H]1OC1(C)C. The lowest BCUT2D eigenvalue weighted by atomic mass is 9.84. The second kappa shape index (κ2) is 26.3. The van der Waals surface area contributed by atoms with E-state index in [0.717, 1.165) is 63.4 Å². The van der Waals surface area contributed by atoms with Crippen molar-refractivity contribution in [2.75, 3.05) is 13.2 Å². The van der Waals surface area contributed by atoms with Crippen LogP contribution in [0.25, 0.3) is 0 Å². The molecule has 0 aromatic rings. The van der Waals surface area contributed by atoms with E-state index in [4.69, 9.17) is 14.2 Å². The zero-order valence-electron chi connectivity index (χ0n) is 41.2. The van der Waals surface area contributed by atoms with Crippen molar-refractivity contribution in [1.29, 1.82) is 0 Å². The van der Waals surface area contributed by atoms with Crippen molar-refractivity contribution in [3.8, 4) is 0 Å². The molecule has 0 unspecified atom stereocenters. The average Bonchev–Trinajstić information content (AvgIpc) is 3.78. The summed E-state index contributed by atoms with van der Waals surface area (Å²) in [6.07, 6.45) is 15.6. The third kappa shape index (κ3) is 24.4. The van der Waals surface area contributed by atoms with Gasteiger partial charge in [0.2, 0.25) is 0 Å². The quantitative estimate of drug-likeness (QED) is 0.0228. The van der Waals surface area contributed by atoms with Crippen LogP contribution in [-0.2, 0) is 14.2 Å². The Morgan fingerprint density at radius 2 is 0.905 bits per heavy atom. The fraction of sp³-hybridized carbons (Fsp3) is 0.882. The van der Waals surface area contributed by atoms with Gasteiger partial charge in [-0.05, 0) is 204 Å². The van der Waals surface area contributed by atoms with Gasteiger partial charge in [0, 0.05) is 0 Å². The maximum Gasteiger partial charge on any atom is 0.187 e. The van der Waals surface area contributed by atoms with Crippen LogP contribution in [0.15, 0.2) is 34.9 Å². The van der Waals surface area contributed by atoms with E-state index in [9.17, 15) is 46.0 Å².